The fraction of sp³-hybridized carbons (Fsp3) is 0.596. The van der Waals surface area contributed by atoms with E-state index >= 15 is 0 Å². The molecular weight excluding hydrogens is 838 g/mol. The molecule has 1 aliphatic carbocycles. The molecule has 17 heteroatoms. The molecule has 3 aliphatic rings. The van der Waals surface area contributed by atoms with Gasteiger partial charge in [0.25, 0.3) is 11.8 Å². The monoisotopic (exact) mass is 905 g/mol. The topological polar surface area (TPSA) is 201 Å². The molecule has 8 atom stereocenters. The number of carbonyl (C=O) groups is 7. The molecule has 2 aliphatic heterocycles. The number of fused-ring (bicyclic) bond motifs is 1. The lowest BCUT2D eigenvalue weighted by Gasteiger charge is -2.36. The highest BCUT2D eigenvalue weighted by Crippen LogP contribution is 2.32. The summed E-state index contributed by atoms with van der Waals surface area (Å²) in [6, 6.07) is 9.11. The number of aryl methyl sites for hydroxylation is 1. The molecule has 6 N–H and O–H groups in total. The Morgan fingerprint density at radius 2 is 1.34 bits per heavy atom. The summed E-state index contributed by atoms with van der Waals surface area (Å²) in [5.74, 6) is -2.66. The zero-order valence-electron chi connectivity index (χ0n) is 39.0. The van der Waals surface area contributed by atoms with Crippen molar-refractivity contribution in [2.45, 2.75) is 136 Å². The van der Waals surface area contributed by atoms with Crippen LogP contribution < -0.4 is 31.9 Å². The first kappa shape index (κ1) is 49.9. The summed E-state index contributed by atoms with van der Waals surface area (Å²) in [5.41, 5.74) is 1.36. The Morgan fingerprint density at radius 1 is 0.750 bits per heavy atom. The summed E-state index contributed by atoms with van der Waals surface area (Å²) in [6.45, 7) is 15.1. The lowest BCUT2D eigenvalue weighted by atomic mass is 9.85. The maximum Gasteiger partial charge on any atom is 0.251 e. The Balaban J connectivity index is 1.28. The maximum absolute atomic E-state index is 14.5. The normalized spacial score (nSPS) is 21.8. The van der Waals surface area contributed by atoms with Crippen molar-refractivity contribution >= 4 is 53.1 Å². The smallest absolute Gasteiger partial charge is 0.251 e. The van der Waals surface area contributed by atoms with Crippen LogP contribution in [-0.2, 0) is 30.4 Å². The minimum Gasteiger partial charge on any atom is -0.347 e. The van der Waals surface area contributed by atoms with Crippen LogP contribution in [0.25, 0.3) is 0 Å². The minimum atomic E-state index is -0.968. The van der Waals surface area contributed by atoms with Crippen LogP contribution in [0.5, 0.6) is 0 Å². The molecule has 0 radical (unpaired) electrons. The highest BCUT2D eigenvalue weighted by molar-refractivity contribution is 6.14. The SMILES string of the molecule is CN[C@@H](C)C(=O)N[C@H](C(=O)N1C[C@@H](NC(=O)c2cccc(C(=O)N[C@H]3CCN(C(=O)[C@@H](NC(=O)[C@H](C)N(C)Cl)C(C)(C)C)C3)c2)C[C@H]1C(=O)N[C@@H]1CCCc2ccccc21)C(C)(C)C. The second-order valence-electron chi connectivity index (χ2n) is 19.7. The molecule has 350 valence electrons. The molecule has 0 spiro atoms. The van der Waals surface area contributed by atoms with E-state index in [1.54, 1.807) is 51.0 Å². The average molecular weight is 907 g/mol. The number of amides is 7. The van der Waals surface area contributed by atoms with Crippen LogP contribution in [0.4, 0.5) is 0 Å². The van der Waals surface area contributed by atoms with Gasteiger partial charge in [0, 0.05) is 49.9 Å². The van der Waals surface area contributed by atoms with Gasteiger partial charge >= 0.3 is 0 Å². The zero-order valence-corrected chi connectivity index (χ0v) is 39.7. The third-order valence-corrected chi connectivity index (χ3v) is 13.0. The van der Waals surface area contributed by atoms with Crippen molar-refractivity contribution in [2.24, 2.45) is 10.8 Å². The quantitative estimate of drug-likeness (QED) is 0.154. The van der Waals surface area contributed by atoms with Gasteiger partial charge in [-0.2, -0.15) is 0 Å². The van der Waals surface area contributed by atoms with Gasteiger partial charge in [0.2, 0.25) is 29.5 Å². The summed E-state index contributed by atoms with van der Waals surface area (Å²) in [5, 5.41) is 17.9. The van der Waals surface area contributed by atoms with Crippen molar-refractivity contribution in [3.8, 4) is 0 Å². The molecule has 0 aromatic heterocycles. The number of likely N-dealkylation sites (tertiary alicyclic amines) is 2. The van der Waals surface area contributed by atoms with Gasteiger partial charge in [-0.1, -0.05) is 71.9 Å². The largest absolute Gasteiger partial charge is 0.347 e. The predicted octanol–water partition coefficient (Wildman–Crippen LogP) is 3.05. The summed E-state index contributed by atoms with van der Waals surface area (Å²) >= 11 is 6.00. The number of rotatable bonds is 14. The molecule has 16 nitrogen and oxygen atoms in total. The van der Waals surface area contributed by atoms with Crippen LogP contribution in [-0.4, -0.2) is 132 Å². The highest BCUT2D eigenvalue weighted by atomic mass is 35.5. The fourth-order valence-electron chi connectivity index (χ4n) is 8.49. The van der Waals surface area contributed by atoms with Crippen LogP contribution in [0.1, 0.15) is 119 Å². The van der Waals surface area contributed by atoms with Gasteiger partial charge in [-0.25, -0.2) is 4.42 Å². The molecule has 2 fully saturated rings. The summed E-state index contributed by atoms with van der Waals surface area (Å²) in [4.78, 5) is 99.1. The number of likely N-dealkylation sites (N-methyl/N-ethyl adjacent to an activating group) is 2. The van der Waals surface area contributed by atoms with Gasteiger partial charge < -0.3 is 41.7 Å². The maximum atomic E-state index is 14.5. The van der Waals surface area contributed by atoms with Gasteiger partial charge in [-0.05, 0) is 105 Å². The Bertz CT molecular complexity index is 2070. The standard InChI is InChI=1S/C47H68ClN9O7/c1-27(49-9)39(58)53-38(47(6,7)8)45(64)57-26-33(24-36(57)43(62)52-35-20-14-16-29-15-11-12-19-34(29)35)51-42(61)31-18-13-17-30(23-31)41(60)50-32-21-22-56(25-32)44(63)37(46(3,4)5)54-40(59)28(2)55(10)48/h11-13,15,17-19,23,27-28,32-33,35-38,49H,14,16,20-22,24-26H2,1-10H3,(H,50,60)(H,51,61)(H,52,62)(H,53,58)(H,54,59)/t27-,28-,32-,33-,35+,36-,37+,38+/m0/s1. The molecule has 2 aromatic carbocycles. The van der Waals surface area contributed by atoms with Crippen LogP contribution in [0.2, 0.25) is 0 Å². The first-order valence-electron chi connectivity index (χ1n) is 22.4. The minimum absolute atomic E-state index is 0.0214. The molecule has 5 rings (SSSR count). The first-order valence-corrected chi connectivity index (χ1v) is 22.7. The van der Waals surface area contributed by atoms with E-state index in [-0.39, 0.29) is 66.3 Å². The summed E-state index contributed by atoms with van der Waals surface area (Å²) in [7, 11) is 3.22. The van der Waals surface area contributed by atoms with Crippen molar-refractivity contribution in [2.75, 3.05) is 33.7 Å². The van der Waals surface area contributed by atoms with E-state index < -0.39 is 64.8 Å². The predicted molar refractivity (Wildman–Crippen MR) is 245 cm³/mol. The van der Waals surface area contributed by atoms with Crippen LogP contribution in [0.3, 0.4) is 0 Å². The number of nitrogens with zero attached hydrogens (tertiary/aromatic N) is 3. The molecule has 64 heavy (non-hydrogen) atoms. The number of benzene rings is 2. The van der Waals surface area contributed by atoms with Gasteiger partial charge in [-0.3, -0.25) is 33.6 Å². The van der Waals surface area contributed by atoms with Crippen LogP contribution in [0.15, 0.2) is 48.5 Å². The number of nitrogens with one attached hydrogen (secondary N) is 6. The Kier molecular flexibility index (Phi) is 16.3. The lowest BCUT2D eigenvalue weighted by molar-refractivity contribution is -0.144. The molecule has 0 bridgehead atoms. The zero-order chi connectivity index (χ0) is 47.3. The van der Waals surface area contributed by atoms with E-state index in [0.29, 0.717) is 13.0 Å². The third kappa shape index (κ3) is 12.2. The van der Waals surface area contributed by atoms with E-state index in [1.165, 1.54) is 20.9 Å². The molecule has 2 aromatic rings. The molecule has 2 saturated heterocycles. The number of hydrogen-bond donors (Lipinski definition) is 6. The highest BCUT2D eigenvalue weighted by Gasteiger charge is 2.46. The van der Waals surface area contributed by atoms with Gasteiger partial charge in [-0.15, -0.1) is 0 Å². The summed E-state index contributed by atoms with van der Waals surface area (Å²) < 4.78 is 1.25. The van der Waals surface area contributed by atoms with Crippen molar-refractivity contribution < 1.29 is 33.6 Å². The fourth-order valence-corrected chi connectivity index (χ4v) is 8.58. The van der Waals surface area contributed by atoms with Gasteiger partial charge in [0.15, 0.2) is 0 Å². The van der Waals surface area contributed by atoms with E-state index in [4.69, 9.17) is 11.8 Å². The molecule has 0 saturated carbocycles. The third-order valence-electron chi connectivity index (χ3n) is 12.7. The van der Waals surface area contributed by atoms with Crippen molar-refractivity contribution in [1.82, 2.24) is 46.1 Å². The molecular formula is C47H68ClN9O7. The van der Waals surface area contributed by atoms with Gasteiger partial charge in [0.1, 0.15) is 24.2 Å². The van der Waals surface area contributed by atoms with Crippen molar-refractivity contribution in [1.29, 1.82) is 0 Å². The van der Waals surface area contributed by atoms with Crippen molar-refractivity contribution in [3.63, 3.8) is 0 Å². The van der Waals surface area contributed by atoms with E-state index in [9.17, 15) is 33.6 Å². The van der Waals surface area contributed by atoms with Crippen LogP contribution >= 0.6 is 11.8 Å². The number of carbonyl (C=O) groups excluding carboxylic acids is 7. The number of halogens is 1. The Labute approximate surface area is 382 Å². The lowest BCUT2D eigenvalue weighted by Crippen LogP contribution is -2.59. The van der Waals surface area contributed by atoms with Crippen molar-refractivity contribution in [3.05, 3.63) is 70.8 Å². The number of hydrogen-bond acceptors (Lipinski definition) is 9. The summed E-state index contributed by atoms with van der Waals surface area (Å²) in [6.07, 6.45) is 3.20. The molecule has 7 amide bonds. The molecule has 0 unspecified atom stereocenters. The van der Waals surface area contributed by atoms with E-state index in [2.05, 4.69) is 38.0 Å². The molecule has 2 heterocycles. The second-order valence-corrected chi connectivity index (χ2v) is 20.2. The first-order chi connectivity index (χ1) is 30.0. The van der Waals surface area contributed by atoms with E-state index in [0.717, 1.165) is 24.8 Å². The van der Waals surface area contributed by atoms with Crippen LogP contribution in [0, 0.1) is 10.8 Å². The van der Waals surface area contributed by atoms with Gasteiger partial charge in [0.05, 0.1) is 12.1 Å². The second kappa shape index (κ2) is 20.8. The average Bonchev–Trinajstić information content (AvgIpc) is 3.90. The van der Waals surface area contributed by atoms with E-state index in [1.807, 2.05) is 59.7 Å². The Morgan fingerprint density at radius 3 is 1.95 bits per heavy atom. The Hall–Kier alpha value is -5.06.